The fraction of sp³-hybridized carbons (Fsp3) is 0.562. The van der Waals surface area contributed by atoms with Crippen molar-refractivity contribution in [3.05, 3.63) is 35.9 Å². The summed E-state index contributed by atoms with van der Waals surface area (Å²) in [5, 5.41) is 13.8. The van der Waals surface area contributed by atoms with Crippen LogP contribution in [-0.2, 0) is 10.4 Å². The number of carbonyl (C=O) groups excluding carboxylic acids is 1. The lowest BCUT2D eigenvalue weighted by Gasteiger charge is -2.30. The van der Waals surface area contributed by atoms with Crippen molar-refractivity contribution in [1.82, 2.24) is 5.32 Å². The van der Waals surface area contributed by atoms with Gasteiger partial charge in [0.05, 0.1) is 6.54 Å². The number of rotatable bonds is 4. The largest absolute Gasteiger partial charge is 0.383 e. The smallest absolute Gasteiger partial charge is 0.225 e. The molecular formula is C16H23NO2. The summed E-state index contributed by atoms with van der Waals surface area (Å²) in [5.41, 5.74) is -0.463. The molecule has 2 rings (SSSR count). The number of benzene rings is 1. The van der Waals surface area contributed by atoms with Crippen molar-refractivity contribution in [2.45, 2.75) is 39.2 Å². The highest BCUT2D eigenvalue weighted by Crippen LogP contribution is 2.45. The van der Waals surface area contributed by atoms with Gasteiger partial charge >= 0.3 is 0 Å². The quantitative estimate of drug-likeness (QED) is 0.874. The van der Waals surface area contributed by atoms with E-state index in [1.807, 2.05) is 51.1 Å². The van der Waals surface area contributed by atoms with Gasteiger partial charge in [0, 0.05) is 5.41 Å². The fourth-order valence-electron chi connectivity index (χ4n) is 2.25. The van der Waals surface area contributed by atoms with Gasteiger partial charge in [0.2, 0.25) is 5.91 Å². The molecule has 1 fully saturated rings. The highest BCUT2D eigenvalue weighted by Gasteiger charge is 2.45. The molecule has 3 nitrogen and oxygen atoms in total. The molecule has 0 bridgehead atoms. The van der Waals surface area contributed by atoms with Crippen LogP contribution in [0.15, 0.2) is 30.3 Å². The molecule has 104 valence electrons. The van der Waals surface area contributed by atoms with Crippen LogP contribution in [0, 0.1) is 11.3 Å². The van der Waals surface area contributed by atoms with E-state index in [1.165, 1.54) is 0 Å². The monoisotopic (exact) mass is 261 g/mol. The maximum atomic E-state index is 12.0. The Morgan fingerprint density at radius 3 is 2.32 bits per heavy atom. The van der Waals surface area contributed by atoms with Gasteiger partial charge in [0.1, 0.15) is 5.60 Å². The second-order valence-corrected chi connectivity index (χ2v) is 6.50. The van der Waals surface area contributed by atoms with Crippen LogP contribution >= 0.6 is 0 Å². The summed E-state index contributed by atoms with van der Waals surface area (Å²) in [6, 6.07) is 9.65. The van der Waals surface area contributed by atoms with Gasteiger partial charge in [-0.2, -0.15) is 0 Å². The summed E-state index contributed by atoms with van der Waals surface area (Å²) < 4.78 is 0. The zero-order valence-corrected chi connectivity index (χ0v) is 11.9. The van der Waals surface area contributed by atoms with E-state index in [2.05, 4.69) is 5.32 Å². The Labute approximate surface area is 115 Å². The van der Waals surface area contributed by atoms with Crippen molar-refractivity contribution in [1.29, 1.82) is 0 Å². The Hall–Kier alpha value is -1.35. The molecule has 1 aliphatic carbocycles. The summed E-state index contributed by atoms with van der Waals surface area (Å²) in [6.07, 6.45) is 2.05. The van der Waals surface area contributed by atoms with Crippen LogP contribution in [0.4, 0.5) is 0 Å². The first-order valence-corrected chi connectivity index (χ1v) is 6.90. The molecule has 0 saturated heterocycles. The third-order valence-electron chi connectivity index (χ3n) is 3.73. The molecule has 3 heteroatoms. The fourth-order valence-corrected chi connectivity index (χ4v) is 2.25. The standard InChI is InChI=1S/C16H23NO2/c1-15(2,3)14(18)17-11-16(19,13-9-10-13)12-7-5-4-6-8-12/h4-8,13,19H,9-11H2,1-3H3,(H,17,18)/t16-/m0/s1. The molecule has 1 saturated carbocycles. The molecule has 2 N–H and O–H groups in total. The highest BCUT2D eigenvalue weighted by molar-refractivity contribution is 5.81. The number of hydrogen-bond acceptors (Lipinski definition) is 2. The lowest BCUT2D eigenvalue weighted by Crippen LogP contribution is -2.45. The van der Waals surface area contributed by atoms with Crippen molar-refractivity contribution in [2.24, 2.45) is 11.3 Å². The maximum Gasteiger partial charge on any atom is 0.225 e. The lowest BCUT2D eigenvalue weighted by atomic mass is 9.88. The molecule has 0 heterocycles. The number of carbonyl (C=O) groups is 1. The van der Waals surface area contributed by atoms with Crippen LogP contribution in [0.2, 0.25) is 0 Å². The summed E-state index contributed by atoms with van der Waals surface area (Å²) >= 11 is 0. The second-order valence-electron chi connectivity index (χ2n) is 6.50. The molecule has 1 amide bonds. The zero-order valence-electron chi connectivity index (χ0n) is 11.9. The molecule has 1 aromatic carbocycles. The third kappa shape index (κ3) is 3.16. The minimum atomic E-state index is -0.928. The molecule has 0 radical (unpaired) electrons. The van der Waals surface area contributed by atoms with Crippen LogP contribution in [0.5, 0.6) is 0 Å². The van der Waals surface area contributed by atoms with Crippen molar-refractivity contribution in [3.63, 3.8) is 0 Å². The van der Waals surface area contributed by atoms with Gasteiger partial charge in [0.15, 0.2) is 0 Å². The Morgan fingerprint density at radius 2 is 1.84 bits per heavy atom. The maximum absolute atomic E-state index is 12.0. The number of aliphatic hydroxyl groups is 1. The molecule has 1 aromatic rings. The van der Waals surface area contributed by atoms with Crippen molar-refractivity contribution in [2.75, 3.05) is 6.54 Å². The van der Waals surface area contributed by atoms with E-state index < -0.39 is 11.0 Å². The number of amides is 1. The molecule has 19 heavy (non-hydrogen) atoms. The number of hydrogen-bond donors (Lipinski definition) is 2. The average molecular weight is 261 g/mol. The van der Waals surface area contributed by atoms with Crippen LogP contribution < -0.4 is 5.32 Å². The summed E-state index contributed by atoms with van der Waals surface area (Å²) in [4.78, 5) is 12.0. The SMILES string of the molecule is CC(C)(C)C(=O)NC[C@](O)(c1ccccc1)C1CC1. The minimum Gasteiger partial charge on any atom is -0.383 e. The Bertz CT molecular complexity index is 446. The molecule has 0 unspecified atom stereocenters. The summed E-state index contributed by atoms with van der Waals surface area (Å²) in [7, 11) is 0. The Morgan fingerprint density at radius 1 is 1.26 bits per heavy atom. The van der Waals surface area contributed by atoms with Gasteiger partial charge in [-0.15, -0.1) is 0 Å². The Kier molecular flexibility index (Phi) is 3.68. The Balaban J connectivity index is 2.11. The van der Waals surface area contributed by atoms with Crippen LogP contribution in [0.25, 0.3) is 0 Å². The van der Waals surface area contributed by atoms with Crippen LogP contribution in [0.3, 0.4) is 0 Å². The minimum absolute atomic E-state index is 0.0255. The third-order valence-corrected chi connectivity index (χ3v) is 3.73. The predicted octanol–water partition coefficient (Wildman–Crippen LogP) is 2.45. The first-order valence-electron chi connectivity index (χ1n) is 6.90. The summed E-state index contributed by atoms with van der Waals surface area (Å²) in [6.45, 7) is 5.92. The second kappa shape index (κ2) is 4.97. The topological polar surface area (TPSA) is 49.3 Å². The van der Waals surface area contributed by atoms with Gasteiger partial charge < -0.3 is 10.4 Å². The van der Waals surface area contributed by atoms with E-state index >= 15 is 0 Å². The molecule has 1 atom stereocenters. The predicted molar refractivity (Wildman–Crippen MR) is 75.5 cm³/mol. The van der Waals surface area contributed by atoms with Crippen molar-refractivity contribution < 1.29 is 9.90 Å². The van der Waals surface area contributed by atoms with E-state index in [4.69, 9.17) is 0 Å². The van der Waals surface area contributed by atoms with E-state index in [0.717, 1.165) is 18.4 Å². The van der Waals surface area contributed by atoms with Crippen LogP contribution in [-0.4, -0.2) is 17.6 Å². The first kappa shape index (κ1) is 14.1. The normalized spacial score (nSPS) is 18.7. The first-order chi connectivity index (χ1) is 8.84. The van der Waals surface area contributed by atoms with Gasteiger partial charge in [-0.25, -0.2) is 0 Å². The molecule has 0 aromatic heterocycles. The lowest BCUT2D eigenvalue weighted by molar-refractivity contribution is -0.130. The van der Waals surface area contributed by atoms with Gasteiger partial charge in [-0.3, -0.25) is 4.79 Å². The molecular weight excluding hydrogens is 238 g/mol. The van der Waals surface area contributed by atoms with Crippen LogP contribution in [0.1, 0.15) is 39.2 Å². The van der Waals surface area contributed by atoms with Crippen molar-refractivity contribution >= 4 is 5.91 Å². The van der Waals surface area contributed by atoms with E-state index in [0.29, 0.717) is 0 Å². The molecule has 0 aliphatic heterocycles. The summed E-state index contributed by atoms with van der Waals surface area (Å²) in [5.74, 6) is 0.234. The van der Waals surface area contributed by atoms with Gasteiger partial charge in [0.25, 0.3) is 0 Å². The molecule has 0 spiro atoms. The van der Waals surface area contributed by atoms with E-state index in [1.54, 1.807) is 0 Å². The zero-order chi connectivity index (χ0) is 14.1. The highest BCUT2D eigenvalue weighted by atomic mass is 16.3. The number of nitrogens with one attached hydrogen (secondary N) is 1. The van der Waals surface area contributed by atoms with Crippen molar-refractivity contribution in [3.8, 4) is 0 Å². The van der Waals surface area contributed by atoms with E-state index in [-0.39, 0.29) is 18.4 Å². The van der Waals surface area contributed by atoms with Gasteiger partial charge in [-0.05, 0) is 24.3 Å². The van der Waals surface area contributed by atoms with Gasteiger partial charge in [-0.1, -0.05) is 51.1 Å². The molecule has 1 aliphatic rings. The average Bonchev–Trinajstić information content (AvgIpc) is 3.20. The van der Waals surface area contributed by atoms with E-state index in [9.17, 15) is 9.90 Å².